The lowest BCUT2D eigenvalue weighted by atomic mass is 10.1. The lowest BCUT2D eigenvalue weighted by Crippen LogP contribution is -2.21. The van der Waals surface area contributed by atoms with Gasteiger partial charge in [0.15, 0.2) is 0 Å². The number of alkyl halides is 3. The second-order valence-corrected chi connectivity index (χ2v) is 4.19. The van der Waals surface area contributed by atoms with E-state index in [4.69, 9.17) is 5.73 Å². The van der Waals surface area contributed by atoms with Crippen LogP contribution in [0.1, 0.15) is 31.9 Å². The van der Waals surface area contributed by atoms with Crippen LogP contribution in [-0.4, -0.2) is 21.8 Å². The monoisotopic (exact) mass is 249 g/mol. The molecule has 1 atom stereocenters. The van der Waals surface area contributed by atoms with E-state index in [-0.39, 0.29) is 12.5 Å². The Hall–Kier alpha value is -1.04. The van der Waals surface area contributed by atoms with Crippen molar-refractivity contribution in [3.63, 3.8) is 0 Å². The van der Waals surface area contributed by atoms with Gasteiger partial charge in [-0.25, -0.2) is 4.98 Å². The predicted molar refractivity (Wildman–Crippen MR) is 59.5 cm³/mol. The molecule has 98 valence electrons. The van der Waals surface area contributed by atoms with E-state index in [1.807, 2.05) is 6.92 Å². The number of aryl methyl sites for hydroxylation is 1. The molecule has 0 aromatic carbocycles. The van der Waals surface area contributed by atoms with Gasteiger partial charge in [0.2, 0.25) is 0 Å². The van der Waals surface area contributed by atoms with Crippen molar-refractivity contribution in [2.24, 2.45) is 5.73 Å². The van der Waals surface area contributed by atoms with Gasteiger partial charge in [0.25, 0.3) is 0 Å². The molecule has 17 heavy (non-hydrogen) atoms. The Morgan fingerprint density at radius 1 is 1.47 bits per heavy atom. The summed E-state index contributed by atoms with van der Waals surface area (Å²) in [5.74, 6) is 0. The van der Waals surface area contributed by atoms with Gasteiger partial charge in [-0.05, 0) is 12.8 Å². The average molecular weight is 249 g/mol. The zero-order chi connectivity index (χ0) is 12.9. The van der Waals surface area contributed by atoms with E-state index in [0.717, 1.165) is 12.1 Å². The lowest BCUT2D eigenvalue weighted by Gasteiger charge is -2.06. The standard InChI is InChI=1S/C11H18F3N3/c1-2-9(15)6-10-7-17(8-16-10)5-3-4-11(12,13)14/h7-9H,2-6,15H2,1H3. The first-order valence-corrected chi connectivity index (χ1v) is 5.73. The van der Waals surface area contributed by atoms with Crippen LogP contribution >= 0.6 is 0 Å². The van der Waals surface area contributed by atoms with Gasteiger partial charge < -0.3 is 10.3 Å². The molecule has 1 heterocycles. The molecule has 0 bridgehead atoms. The van der Waals surface area contributed by atoms with Gasteiger partial charge >= 0.3 is 6.18 Å². The second-order valence-electron chi connectivity index (χ2n) is 4.19. The van der Waals surface area contributed by atoms with Crippen molar-refractivity contribution >= 4 is 0 Å². The molecule has 1 aromatic rings. The molecular formula is C11H18F3N3. The highest BCUT2D eigenvalue weighted by molar-refractivity contribution is 4.99. The zero-order valence-electron chi connectivity index (χ0n) is 9.87. The fraction of sp³-hybridized carbons (Fsp3) is 0.727. The number of hydrogen-bond donors (Lipinski definition) is 1. The van der Waals surface area contributed by atoms with Crippen LogP contribution in [-0.2, 0) is 13.0 Å². The highest BCUT2D eigenvalue weighted by Crippen LogP contribution is 2.21. The maximum absolute atomic E-state index is 11.9. The minimum absolute atomic E-state index is 0.0634. The summed E-state index contributed by atoms with van der Waals surface area (Å²) in [6.45, 7) is 2.33. The molecule has 0 saturated carbocycles. The molecular weight excluding hydrogens is 231 g/mol. The Bertz CT molecular complexity index is 333. The van der Waals surface area contributed by atoms with Crippen LogP contribution in [0.5, 0.6) is 0 Å². The third-order valence-corrected chi connectivity index (χ3v) is 2.56. The number of nitrogens with two attached hydrogens (primary N) is 1. The van der Waals surface area contributed by atoms with E-state index in [1.54, 1.807) is 17.1 Å². The lowest BCUT2D eigenvalue weighted by molar-refractivity contribution is -0.135. The smallest absolute Gasteiger partial charge is 0.337 e. The summed E-state index contributed by atoms with van der Waals surface area (Å²) in [5, 5.41) is 0. The third-order valence-electron chi connectivity index (χ3n) is 2.56. The van der Waals surface area contributed by atoms with Crippen LogP contribution in [0.3, 0.4) is 0 Å². The van der Waals surface area contributed by atoms with E-state index in [1.165, 1.54) is 0 Å². The molecule has 0 aliphatic carbocycles. The van der Waals surface area contributed by atoms with Crippen LogP contribution in [0.25, 0.3) is 0 Å². The molecule has 0 saturated heterocycles. The van der Waals surface area contributed by atoms with Crippen LogP contribution in [0.15, 0.2) is 12.5 Å². The van der Waals surface area contributed by atoms with Gasteiger partial charge in [-0.1, -0.05) is 6.92 Å². The fourth-order valence-electron chi connectivity index (χ4n) is 1.51. The van der Waals surface area contributed by atoms with Crippen molar-refractivity contribution in [3.8, 4) is 0 Å². The van der Waals surface area contributed by atoms with Crippen LogP contribution < -0.4 is 5.73 Å². The summed E-state index contributed by atoms with van der Waals surface area (Å²) in [5.41, 5.74) is 6.61. The van der Waals surface area contributed by atoms with Gasteiger partial charge in [-0.3, -0.25) is 0 Å². The quantitative estimate of drug-likeness (QED) is 0.841. The van der Waals surface area contributed by atoms with Gasteiger partial charge in [0.05, 0.1) is 12.0 Å². The van der Waals surface area contributed by atoms with E-state index in [0.29, 0.717) is 13.0 Å². The normalized spacial score (nSPS) is 13.9. The Balaban J connectivity index is 2.36. The molecule has 0 fully saturated rings. The van der Waals surface area contributed by atoms with Crippen molar-refractivity contribution in [2.75, 3.05) is 0 Å². The van der Waals surface area contributed by atoms with Gasteiger partial charge in [-0.15, -0.1) is 0 Å². The van der Waals surface area contributed by atoms with Crippen molar-refractivity contribution in [3.05, 3.63) is 18.2 Å². The van der Waals surface area contributed by atoms with Crippen LogP contribution in [0.2, 0.25) is 0 Å². The number of rotatable bonds is 6. The summed E-state index contributed by atoms with van der Waals surface area (Å²) in [4.78, 5) is 4.12. The Morgan fingerprint density at radius 2 is 2.18 bits per heavy atom. The Labute approximate surface area is 98.8 Å². The molecule has 0 aliphatic heterocycles. The maximum Gasteiger partial charge on any atom is 0.389 e. The fourth-order valence-corrected chi connectivity index (χ4v) is 1.51. The topological polar surface area (TPSA) is 43.8 Å². The molecule has 1 aromatic heterocycles. The van der Waals surface area contributed by atoms with Crippen molar-refractivity contribution in [1.29, 1.82) is 0 Å². The van der Waals surface area contributed by atoms with E-state index in [2.05, 4.69) is 4.98 Å². The summed E-state index contributed by atoms with van der Waals surface area (Å²) in [7, 11) is 0. The molecule has 1 rings (SSSR count). The van der Waals surface area contributed by atoms with Crippen molar-refractivity contribution in [2.45, 2.75) is 51.4 Å². The maximum atomic E-state index is 11.9. The predicted octanol–water partition coefficient (Wildman–Crippen LogP) is 2.51. The summed E-state index contributed by atoms with van der Waals surface area (Å²) in [6.07, 6.45) is 0.117. The van der Waals surface area contributed by atoms with Gasteiger partial charge in [0.1, 0.15) is 0 Å². The minimum Gasteiger partial charge on any atom is -0.337 e. The summed E-state index contributed by atoms with van der Waals surface area (Å²) < 4.78 is 37.5. The first-order valence-electron chi connectivity index (χ1n) is 5.73. The molecule has 0 radical (unpaired) electrons. The zero-order valence-corrected chi connectivity index (χ0v) is 9.87. The molecule has 0 aliphatic rings. The molecule has 3 nitrogen and oxygen atoms in total. The molecule has 2 N–H and O–H groups in total. The largest absolute Gasteiger partial charge is 0.389 e. The Kier molecular flexibility index (Phi) is 4.99. The van der Waals surface area contributed by atoms with Crippen molar-refractivity contribution < 1.29 is 13.2 Å². The van der Waals surface area contributed by atoms with Crippen LogP contribution in [0.4, 0.5) is 13.2 Å². The summed E-state index contributed by atoms with van der Waals surface area (Å²) >= 11 is 0. The SMILES string of the molecule is CCC(N)Cc1cn(CCCC(F)(F)F)cn1. The van der Waals surface area contributed by atoms with E-state index >= 15 is 0 Å². The van der Waals surface area contributed by atoms with E-state index < -0.39 is 12.6 Å². The molecule has 0 spiro atoms. The van der Waals surface area contributed by atoms with E-state index in [9.17, 15) is 13.2 Å². The molecule has 0 amide bonds. The molecule has 1 unspecified atom stereocenters. The first kappa shape index (κ1) is 14.0. The first-order chi connectivity index (χ1) is 7.90. The number of aromatic nitrogens is 2. The number of nitrogens with zero attached hydrogens (tertiary/aromatic N) is 2. The highest BCUT2D eigenvalue weighted by Gasteiger charge is 2.25. The highest BCUT2D eigenvalue weighted by atomic mass is 19.4. The summed E-state index contributed by atoms with van der Waals surface area (Å²) in [6, 6.07) is 0.0634. The van der Waals surface area contributed by atoms with Crippen LogP contribution in [0, 0.1) is 0 Å². The van der Waals surface area contributed by atoms with Gasteiger partial charge in [-0.2, -0.15) is 13.2 Å². The number of hydrogen-bond acceptors (Lipinski definition) is 2. The minimum atomic E-state index is -4.08. The number of imidazole rings is 1. The average Bonchev–Trinajstić information content (AvgIpc) is 2.63. The Morgan fingerprint density at radius 3 is 2.76 bits per heavy atom. The molecule has 6 heteroatoms. The third kappa shape index (κ3) is 5.72. The van der Waals surface area contributed by atoms with Gasteiger partial charge in [0, 0.05) is 31.6 Å². The number of halogens is 3. The second kappa shape index (κ2) is 6.05. The van der Waals surface area contributed by atoms with Crippen molar-refractivity contribution in [1.82, 2.24) is 9.55 Å².